The zero-order valence-corrected chi connectivity index (χ0v) is 10.3. The zero-order chi connectivity index (χ0) is 12.0. The predicted molar refractivity (Wildman–Crippen MR) is 63.4 cm³/mol. The molecule has 3 heteroatoms. The minimum atomic E-state index is 0.162. The van der Waals surface area contributed by atoms with Crippen LogP contribution >= 0.6 is 0 Å². The normalized spacial score (nSPS) is 25.4. The molecule has 2 unspecified atom stereocenters. The van der Waals surface area contributed by atoms with Gasteiger partial charge >= 0.3 is 0 Å². The van der Waals surface area contributed by atoms with Gasteiger partial charge in [-0.15, -0.1) is 0 Å². The lowest BCUT2D eigenvalue weighted by Gasteiger charge is -2.39. The van der Waals surface area contributed by atoms with Crippen molar-refractivity contribution < 1.29 is 0 Å². The van der Waals surface area contributed by atoms with E-state index in [1.165, 1.54) is 12.8 Å². The van der Waals surface area contributed by atoms with Crippen LogP contribution in [-0.2, 0) is 0 Å². The maximum atomic E-state index is 9.18. The lowest BCUT2D eigenvalue weighted by Crippen LogP contribution is -2.46. The fourth-order valence-corrected chi connectivity index (χ4v) is 2.64. The van der Waals surface area contributed by atoms with Gasteiger partial charge in [-0.05, 0) is 26.7 Å². The van der Waals surface area contributed by atoms with Crippen molar-refractivity contribution in [3.8, 4) is 12.1 Å². The van der Waals surface area contributed by atoms with E-state index in [4.69, 9.17) is 5.26 Å². The van der Waals surface area contributed by atoms with E-state index in [2.05, 4.69) is 30.9 Å². The fourth-order valence-electron chi connectivity index (χ4n) is 2.64. The summed E-state index contributed by atoms with van der Waals surface area (Å²) in [5.74, 6) is 0.162. The Labute approximate surface area is 98.7 Å². The maximum absolute atomic E-state index is 9.18. The summed E-state index contributed by atoms with van der Waals surface area (Å²) in [6.07, 6.45) is 5.10. The Hall–Kier alpha value is -1.06. The summed E-state index contributed by atoms with van der Waals surface area (Å²) >= 11 is 0. The van der Waals surface area contributed by atoms with Crippen molar-refractivity contribution in [3.63, 3.8) is 0 Å². The topological polar surface area (TPSA) is 50.8 Å². The van der Waals surface area contributed by atoms with Crippen LogP contribution in [0.1, 0.15) is 46.0 Å². The lowest BCUT2D eigenvalue weighted by atomic mass is 9.84. The van der Waals surface area contributed by atoms with Crippen LogP contribution < -0.4 is 0 Å². The molecule has 88 valence electrons. The predicted octanol–water partition coefficient (Wildman–Crippen LogP) is 2.69. The van der Waals surface area contributed by atoms with E-state index in [0.29, 0.717) is 18.5 Å². The summed E-state index contributed by atoms with van der Waals surface area (Å²) in [6, 6.07) is 5.43. The number of nitriles is 2. The van der Waals surface area contributed by atoms with Crippen LogP contribution in [0.2, 0.25) is 0 Å². The first-order chi connectivity index (χ1) is 7.70. The smallest absolute Gasteiger partial charge is 0.0672 e. The van der Waals surface area contributed by atoms with E-state index in [1.54, 1.807) is 0 Å². The van der Waals surface area contributed by atoms with Crippen LogP contribution in [-0.4, -0.2) is 23.5 Å². The minimum absolute atomic E-state index is 0.162. The van der Waals surface area contributed by atoms with Crippen molar-refractivity contribution >= 4 is 0 Å². The van der Waals surface area contributed by atoms with Crippen LogP contribution in [0.25, 0.3) is 0 Å². The van der Waals surface area contributed by atoms with Crippen LogP contribution in [0.5, 0.6) is 0 Å². The molecule has 0 amide bonds. The summed E-state index contributed by atoms with van der Waals surface area (Å²) in [6.45, 7) is 5.11. The molecule has 0 heterocycles. The molecule has 0 N–H and O–H groups in total. The average Bonchev–Trinajstić information content (AvgIpc) is 2.29. The van der Waals surface area contributed by atoms with Crippen molar-refractivity contribution in [1.29, 1.82) is 10.5 Å². The SMILES string of the molecule is CC(C)N(CCC#N)C1CCCCC1C#N. The van der Waals surface area contributed by atoms with Gasteiger partial charge in [0.25, 0.3) is 0 Å². The van der Waals surface area contributed by atoms with E-state index in [1.807, 2.05) is 0 Å². The second-order valence-electron chi connectivity index (χ2n) is 4.83. The molecule has 0 aliphatic heterocycles. The average molecular weight is 219 g/mol. The molecule has 1 fully saturated rings. The third-order valence-corrected chi connectivity index (χ3v) is 3.47. The van der Waals surface area contributed by atoms with E-state index in [0.717, 1.165) is 19.4 Å². The Morgan fingerprint density at radius 2 is 1.94 bits per heavy atom. The maximum Gasteiger partial charge on any atom is 0.0672 e. The molecule has 0 spiro atoms. The second-order valence-corrected chi connectivity index (χ2v) is 4.83. The Kier molecular flexibility index (Phi) is 5.29. The molecule has 1 aliphatic carbocycles. The summed E-state index contributed by atoms with van der Waals surface area (Å²) in [5, 5.41) is 17.9. The monoisotopic (exact) mass is 219 g/mol. The molecule has 0 saturated heterocycles. The Bertz CT molecular complexity index is 285. The number of nitrogens with zero attached hydrogens (tertiary/aromatic N) is 3. The Morgan fingerprint density at radius 3 is 2.50 bits per heavy atom. The first kappa shape index (κ1) is 13.0. The minimum Gasteiger partial charge on any atom is -0.296 e. The fraction of sp³-hybridized carbons (Fsp3) is 0.846. The molecule has 1 saturated carbocycles. The van der Waals surface area contributed by atoms with E-state index < -0.39 is 0 Å². The molecule has 16 heavy (non-hydrogen) atoms. The summed E-state index contributed by atoms with van der Waals surface area (Å²) in [4.78, 5) is 2.34. The summed E-state index contributed by atoms with van der Waals surface area (Å²) in [5.41, 5.74) is 0. The molecule has 0 radical (unpaired) electrons. The van der Waals surface area contributed by atoms with Gasteiger partial charge in [0.1, 0.15) is 0 Å². The van der Waals surface area contributed by atoms with Crippen LogP contribution in [0.4, 0.5) is 0 Å². The lowest BCUT2D eigenvalue weighted by molar-refractivity contribution is 0.0979. The second kappa shape index (κ2) is 6.51. The molecule has 0 aromatic rings. The van der Waals surface area contributed by atoms with Crippen LogP contribution in [0, 0.1) is 28.6 Å². The van der Waals surface area contributed by atoms with Crippen molar-refractivity contribution in [2.24, 2.45) is 5.92 Å². The van der Waals surface area contributed by atoms with Gasteiger partial charge in [-0.1, -0.05) is 12.8 Å². The number of rotatable bonds is 4. The van der Waals surface area contributed by atoms with Crippen LogP contribution in [0.3, 0.4) is 0 Å². The first-order valence-electron chi connectivity index (χ1n) is 6.23. The van der Waals surface area contributed by atoms with Crippen molar-refractivity contribution in [1.82, 2.24) is 4.90 Å². The summed E-state index contributed by atoms with van der Waals surface area (Å²) in [7, 11) is 0. The van der Waals surface area contributed by atoms with Gasteiger partial charge in [0.15, 0.2) is 0 Å². The molecule has 0 bridgehead atoms. The van der Waals surface area contributed by atoms with Gasteiger partial charge in [-0.3, -0.25) is 4.90 Å². The van der Waals surface area contributed by atoms with E-state index in [-0.39, 0.29) is 5.92 Å². The molecule has 3 nitrogen and oxygen atoms in total. The van der Waals surface area contributed by atoms with Gasteiger partial charge in [-0.25, -0.2) is 0 Å². The molecule has 2 atom stereocenters. The highest BCUT2D eigenvalue weighted by Crippen LogP contribution is 2.29. The standard InChI is InChI=1S/C13H21N3/c1-11(2)16(9-5-8-14)13-7-4-3-6-12(13)10-15/h11-13H,3-7,9H2,1-2H3. The van der Waals surface area contributed by atoms with Crippen LogP contribution in [0.15, 0.2) is 0 Å². The van der Waals surface area contributed by atoms with Crippen molar-refractivity contribution in [2.75, 3.05) is 6.54 Å². The van der Waals surface area contributed by atoms with E-state index >= 15 is 0 Å². The van der Waals surface area contributed by atoms with Gasteiger partial charge in [0.2, 0.25) is 0 Å². The molecular weight excluding hydrogens is 198 g/mol. The molecular formula is C13H21N3. The van der Waals surface area contributed by atoms with E-state index in [9.17, 15) is 5.26 Å². The third-order valence-electron chi connectivity index (χ3n) is 3.47. The first-order valence-corrected chi connectivity index (χ1v) is 6.23. The molecule has 1 aliphatic rings. The van der Waals surface area contributed by atoms with Crippen molar-refractivity contribution in [3.05, 3.63) is 0 Å². The largest absolute Gasteiger partial charge is 0.296 e. The summed E-state index contributed by atoms with van der Waals surface area (Å²) < 4.78 is 0. The zero-order valence-electron chi connectivity index (χ0n) is 10.3. The van der Waals surface area contributed by atoms with Crippen molar-refractivity contribution in [2.45, 2.75) is 58.0 Å². The highest BCUT2D eigenvalue weighted by molar-refractivity contribution is 4.96. The molecule has 0 aromatic heterocycles. The Morgan fingerprint density at radius 1 is 1.25 bits per heavy atom. The number of hydrogen-bond acceptors (Lipinski definition) is 3. The molecule has 1 rings (SSSR count). The highest BCUT2D eigenvalue weighted by atomic mass is 15.2. The quantitative estimate of drug-likeness (QED) is 0.730. The van der Waals surface area contributed by atoms with Gasteiger partial charge in [-0.2, -0.15) is 10.5 Å². The molecule has 0 aromatic carbocycles. The van der Waals surface area contributed by atoms with Gasteiger partial charge in [0.05, 0.1) is 18.1 Å². The van der Waals surface area contributed by atoms with Gasteiger partial charge in [0, 0.05) is 25.0 Å². The Balaban J connectivity index is 2.68. The third kappa shape index (κ3) is 3.22. The number of hydrogen-bond donors (Lipinski definition) is 0. The highest BCUT2D eigenvalue weighted by Gasteiger charge is 2.31. The van der Waals surface area contributed by atoms with Gasteiger partial charge < -0.3 is 0 Å².